The lowest BCUT2D eigenvalue weighted by atomic mass is 10.1. The molecule has 1 aromatic rings. The van der Waals surface area contributed by atoms with Crippen molar-refractivity contribution in [3.63, 3.8) is 0 Å². The fourth-order valence-corrected chi connectivity index (χ4v) is 1.16. The summed E-state index contributed by atoms with van der Waals surface area (Å²) >= 11 is 0. The Kier molecular flexibility index (Phi) is 3.83. The molecule has 0 spiro atoms. The highest BCUT2D eigenvalue weighted by atomic mass is 19.1. The van der Waals surface area contributed by atoms with Crippen LogP contribution >= 0.6 is 0 Å². The molecule has 1 aromatic carbocycles. The van der Waals surface area contributed by atoms with Gasteiger partial charge in [-0.1, -0.05) is 12.1 Å². The van der Waals surface area contributed by atoms with Crippen molar-refractivity contribution in [2.45, 2.75) is 13.0 Å². The van der Waals surface area contributed by atoms with Gasteiger partial charge < -0.3 is 5.32 Å². The van der Waals surface area contributed by atoms with Crippen LogP contribution in [0.4, 0.5) is 8.78 Å². The van der Waals surface area contributed by atoms with Crippen LogP contribution in [0.5, 0.6) is 0 Å². The third-order valence-electron chi connectivity index (χ3n) is 1.89. The fraction of sp³-hybridized carbons (Fsp3) is 0.400. The van der Waals surface area contributed by atoms with Crippen LogP contribution < -0.4 is 5.32 Å². The predicted molar refractivity (Wildman–Crippen MR) is 48.8 cm³/mol. The number of rotatable bonds is 4. The summed E-state index contributed by atoms with van der Waals surface area (Å²) in [5.74, 6) is -0.258. The smallest absolute Gasteiger partial charge is 0.123 e. The van der Waals surface area contributed by atoms with Crippen LogP contribution in [-0.2, 0) is 0 Å². The Morgan fingerprint density at radius 1 is 1.46 bits per heavy atom. The molecular formula is C10H13F2N. The summed E-state index contributed by atoms with van der Waals surface area (Å²) in [4.78, 5) is 0. The van der Waals surface area contributed by atoms with E-state index in [0.717, 1.165) is 5.56 Å². The monoisotopic (exact) mass is 185 g/mol. The van der Waals surface area contributed by atoms with E-state index in [1.54, 1.807) is 6.07 Å². The second-order valence-corrected chi connectivity index (χ2v) is 2.92. The van der Waals surface area contributed by atoms with E-state index in [4.69, 9.17) is 0 Å². The molecule has 0 unspecified atom stereocenters. The van der Waals surface area contributed by atoms with Gasteiger partial charge in [-0.2, -0.15) is 0 Å². The number of hydrogen-bond acceptors (Lipinski definition) is 1. The molecule has 0 bridgehead atoms. The van der Waals surface area contributed by atoms with Crippen LogP contribution in [0.3, 0.4) is 0 Å². The topological polar surface area (TPSA) is 12.0 Å². The molecule has 0 heterocycles. The van der Waals surface area contributed by atoms with Crippen molar-refractivity contribution in [3.05, 3.63) is 35.6 Å². The van der Waals surface area contributed by atoms with Crippen molar-refractivity contribution in [1.29, 1.82) is 0 Å². The third-order valence-corrected chi connectivity index (χ3v) is 1.89. The SMILES string of the molecule is C[C@H](NCCF)c1cccc(F)c1. The molecule has 1 nitrogen and oxygen atoms in total. The van der Waals surface area contributed by atoms with Crippen molar-refractivity contribution in [3.8, 4) is 0 Å². The molecule has 0 aliphatic rings. The second kappa shape index (κ2) is 4.92. The quantitative estimate of drug-likeness (QED) is 0.759. The summed E-state index contributed by atoms with van der Waals surface area (Å²) < 4.78 is 24.6. The Labute approximate surface area is 76.8 Å². The average Bonchev–Trinajstić information content (AvgIpc) is 2.14. The number of nitrogens with one attached hydrogen (secondary N) is 1. The molecule has 13 heavy (non-hydrogen) atoms. The molecule has 0 aliphatic carbocycles. The molecule has 0 aliphatic heterocycles. The number of hydrogen-bond donors (Lipinski definition) is 1. The fourth-order valence-electron chi connectivity index (χ4n) is 1.16. The van der Waals surface area contributed by atoms with Gasteiger partial charge in [0.25, 0.3) is 0 Å². The first-order chi connectivity index (χ1) is 6.24. The van der Waals surface area contributed by atoms with E-state index in [1.807, 2.05) is 13.0 Å². The van der Waals surface area contributed by atoms with Gasteiger partial charge in [0.05, 0.1) is 0 Å². The summed E-state index contributed by atoms with van der Waals surface area (Å²) in [6, 6.07) is 6.31. The summed E-state index contributed by atoms with van der Waals surface area (Å²) in [7, 11) is 0. The zero-order chi connectivity index (χ0) is 9.68. The van der Waals surface area contributed by atoms with Gasteiger partial charge in [0.1, 0.15) is 12.5 Å². The molecule has 0 amide bonds. The van der Waals surface area contributed by atoms with Gasteiger partial charge in [0, 0.05) is 12.6 Å². The van der Waals surface area contributed by atoms with E-state index in [1.165, 1.54) is 12.1 Å². The molecule has 1 atom stereocenters. The first-order valence-corrected chi connectivity index (χ1v) is 4.29. The summed E-state index contributed by atoms with van der Waals surface area (Å²) in [5.41, 5.74) is 0.841. The van der Waals surface area contributed by atoms with E-state index in [2.05, 4.69) is 5.32 Å². The van der Waals surface area contributed by atoms with Gasteiger partial charge in [0.15, 0.2) is 0 Å². The standard InChI is InChI=1S/C10H13F2N/c1-8(13-6-5-11)9-3-2-4-10(12)7-9/h2-4,7-8,13H,5-6H2,1H3/t8-/m0/s1. The van der Waals surface area contributed by atoms with Crippen LogP contribution in [-0.4, -0.2) is 13.2 Å². The molecule has 1 rings (SSSR count). The zero-order valence-corrected chi connectivity index (χ0v) is 7.56. The van der Waals surface area contributed by atoms with Crippen molar-refractivity contribution in [2.75, 3.05) is 13.2 Å². The highest BCUT2D eigenvalue weighted by molar-refractivity contribution is 5.19. The lowest BCUT2D eigenvalue weighted by molar-refractivity contribution is 0.443. The minimum absolute atomic E-state index is 0.00792. The maximum atomic E-state index is 12.7. The molecule has 0 radical (unpaired) electrons. The van der Waals surface area contributed by atoms with Gasteiger partial charge in [-0.3, -0.25) is 0 Å². The van der Waals surface area contributed by atoms with E-state index < -0.39 is 6.67 Å². The Hall–Kier alpha value is -0.960. The molecular weight excluding hydrogens is 172 g/mol. The summed E-state index contributed by atoms with van der Waals surface area (Å²) in [6.45, 7) is 1.78. The van der Waals surface area contributed by atoms with Crippen LogP contribution in [0.15, 0.2) is 24.3 Å². The van der Waals surface area contributed by atoms with Crippen LogP contribution in [0.2, 0.25) is 0 Å². The first kappa shape index (κ1) is 10.1. The Balaban J connectivity index is 2.60. The van der Waals surface area contributed by atoms with Crippen molar-refractivity contribution < 1.29 is 8.78 Å². The van der Waals surface area contributed by atoms with Crippen LogP contribution in [0.1, 0.15) is 18.5 Å². The Morgan fingerprint density at radius 2 is 2.23 bits per heavy atom. The highest BCUT2D eigenvalue weighted by Crippen LogP contribution is 2.12. The number of halogens is 2. The summed E-state index contributed by atoms with van der Waals surface area (Å²) in [6.07, 6.45) is 0. The number of alkyl halides is 1. The predicted octanol–water partition coefficient (Wildman–Crippen LogP) is 2.45. The van der Waals surface area contributed by atoms with Gasteiger partial charge in [-0.15, -0.1) is 0 Å². The maximum absolute atomic E-state index is 12.7. The lowest BCUT2D eigenvalue weighted by Gasteiger charge is -2.12. The highest BCUT2D eigenvalue weighted by Gasteiger charge is 2.04. The first-order valence-electron chi connectivity index (χ1n) is 4.29. The van der Waals surface area contributed by atoms with Crippen molar-refractivity contribution >= 4 is 0 Å². The molecule has 1 N–H and O–H groups in total. The Bertz CT molecular complexity index is 263. The molecule has 0 saturated carbocycles. The molecule has 0 fully saturated rings. The van der Waals surface area contributed by atoms with Gasteiger partial charge >= 0.3 is 0 Å². The van der Waals surface area contributed by atoms with Crippen LogP contribution in [0.25, 0.3) is 0 Å². The van der Waals surface area contributed by atoms with Crippen molar-refractivity contribution in [1.82, 2.24) is 5.32 Å². The largest absolute Gasteiger partial charge is 0.308 e. The van der Waals surface area contributed by atoms with Gasteiger partial charge in [-0.05, 0) is 24.6 Å². The van der Waals surface area contributed by atoms with Crippen molar-refractivity contribution in [2.24, 2.45) is 0 Å². The minimum atomic E-state index is -0.403. The van der Waals surface area contributed by atoms with E-state index in [-0.39, 0.29) is 11.9 Å². The van der Waals surface area contributed by atoms with E-state index in [9.17, 15) is 8.78 Å². The molecule has 0 aromatic heterocycles. The average molecular weight is 185 g/mol. The second-order valence-electron chi connectivity index (χ2n) is 2.92. The Morgan fingerprint density at radius 3 is 2.85 bits per heavy atom. The number of benzene rings is 1. The van der Waals surface area contributed by atoms with Gasteiger partial charge in [-0.25, -0.2) is 8.78 Å². The maximum Gasteiger partial charge on any atom is 0.123 e. The third kappa shape index (κ3) is 3.11. The van der Waals surface area contributed by atoms with E-state index in [0.29, 0.717) is 6.54 Å². The molecule has 3 heteroatoms. The zero-order valence-electron chi connectivity index (χ0n) is 7.56. The molecule has 0 saturated heterocycles. The van der Waals surface area contributed by atoms with Gasteiger partial charge in [0.2, 0.25) is 0 Å². The van der Waals surface area contributed by atoms with E-state index >= 15 is 0 Å². The summed E-state index contributed by atoms with van der Waals surface area (Å²) in [5, 5.41) is 2.93. The lowest BCUT2D eigenvalue weighted by Crippen LogP contribution is -2.20. The minimum Gasteiger partial charge on any atom is -0.308 e. The van der Waals surface area contributed by atoms with Crippen LogP contribution in [0, 0.1) is 5.82 Å². The normalized spacial score (nSPS) is 12.8. The molecule has 72 valence electrons.